The number of anilines is 1. The van der Waals surface area contributed by atoms with Gasteiger partial charge in [0.15, 0.2) is 5.82 Å². The highest BCUT2D eigenvalue weighted by atomic mass is 16.2. The van der Waals surface area contributed by atoms with Crippen LogP contribution in [0.1, 0.15) is 18.1 Å². The summed E-state index contributed by atoms with van der Waals surface area (Å²) in [6.45, 7) is 4.02. The van der Waals surface area contributed by atoms with Crippen LogP contribution in [0.15, 0.2) is 30.5 Å². The monoisotopic (exact) mass is 301 g/mol. The average molecular weight is 301 g/mol. The van der Waals surface area contributed by atoms with Crippen molar-refractivity contribution in [3.8, 4) is 0 Å². The fourth-order valence-electron chi connectivity index (χ4n) is 2.02. The third kappa shape index (κ3) is 4.69. The molecule has 0 aliphatic rings. The summed E-state index contributed by atoms with van der Waals surface area (Å²) in [4.78, 5) is 23.9. The Labute approximate surface area is 128 Å². The molecule has 0 radical (unpaired) electrons. The summed E-state index contributed by atoms with van der Waals surface area (Å²) in [5, 5.41) is 13.2. The lowest BCUT2D eigenvalue weighted by Gasteiger charge is -2.07. The van der Waals surface area contributed by atoms with Gasteiger partial charge in [0.1, 0.15) is 6.54 Å². The van der Waals surface area contributed by atoms with E-state index in [1.54, 1.807) is 0 Å². The van der Waals surface area contributed by atoms with Gasteiger partial charge < -0.3 is 10.6 Å². The molecule has 1 heterocycles. The zero-order valence-corrected chi connectivity index (χ0v) is 12.7. The number of benzene rings is 1. The Bertz CT molecular complexity index is 665. The molecule has 0 fully saturated rings. The third-order valence-electron chi connectivity index (χ3n) is 3.10. The highest BCUT2D eigenvalue weighted by Crippen LogP contribution is 2.06. The first kappa shape index (κ1) is 15.7. The normalized spacial score (nSPS) is 10.3. The molecule has 116 valence electrons. The summed E-state index contributed by atoms with van der Waals surface area (Å²) in [6, 6.07) is 8.08. The highest BCUT2D eigenvalue weighted by molar-refractivity contribution is 5.87. The summed E-state index contributed by atoms with van der Waals surface area (Å²) >= 11 is 0. The van der Waals surface area contributed by atoms with Crippen molar-refractivity contribution in [1.82, 2.24) is 20.3 Å². The van der Waals surface area contributed by atoms with E-state index >= 15 is 0 Å². The SMILES string of the molecule is CC(=O)Nc1cnn(CC(=O)NCCc2ccccc2C)n1. The van der Waals surface area contributed by atoms with E-state index in [1.807, 2.05) is 25.1 Å². The van der Waals surface area contributed by atoms with E-state index in [0.29, 0.717) is 12.4 Å². The minimum absolute atomic E-state index is 0.0212. The maximum absolute atomic E-state index is 11.8. The van der Waals surface area contributed by atoms with Crippen LogP contribution in [0.5, 0.6) is 0 Å². The second-order valence-electron chi connectivity index (χ2n) is 4.97. The van der Waals surface area contributed by atoms with Gasteiger partial charge in [-0.05, 0) is 24.5 Å². The Kier molecular flexibility index (Phi) is 5.24. The van der Waals surface area contributed by atoms with E-state index in [4.69, 9.17) is 0 Å². The number of amides is 2. The molecule has 0 atom stereocenters. The molecule has 1 aromatic carbocycles. The number of aryl methyl sites for hydroxylation is 1. The van der Waals surface area contributed by atoms with E-state index < -0.39 is 0 Å². The zero-order valence-electron chi connectivity index (χ0n) is 12.7. The molecule has 2 N–H and O–H groups in total. The van der Waals surface area contributed by atoms with Crippen molar-refractivity contribution >= 4 is 17.6 Å². The molecule has 22 heavy (non-hydrogen) atoms. The molecule has 0 aliphatic heterocycles. The van der Waals surface area contributed by atoms with Gasteiger partial charge in [0.05, 0.1) is 6.20 Å². The van der Waals surface area contributed by atoms with E-state index in [1.165, 1.54) is 29.0 Å². The summed E-state index contributed by atoms with van der Waals surface area (Å²) in [5.41, 5.74) is 2.43. The summed E-state index contributed by atoms with van der Waals surface area (Å²) in [7, 11) is 0. The van der Waals surface area contributed by atoms with Crippen molar-refractivity contribution in [3.05, 3.63) is 41.6 Å². The lowest BCUT2D eigenvalue weighted by molar-refractivity contribution is -0.122. The van der Waals surface area contributed by atoms with Crippen molar-refractivity contribution in [3.63, 3.8) is 0 Å². The maximum atomic E-state index is 11.8. The predicted octanol–water partition coefficient (Wildman–Crippen LogP) is 0.904. The van der Waals surface area contributed by atoms with Gasteiger partial charge in [0.25, 0.3) is 0 Å². The first-order valence-corrected chi connectivity index (χ1v) is 7.03. The van der Waals surface area contributed by atoms with Gasteiger partial charge in [-0.3, -0.25) is 9.59 Å². The predicted molar refractivity (Wildman–Crippen MR) is 82.2 cm³/mol. The van der Waals surface area contributed by atoms with Crippen LogP contribution in [0.25, 0.3) is 0 Å². The van der Waals surface area contributed by atoms with Crippen LogP contribution in [-0.2, 0) is 22.6 Å². The molecule has 0 unspecified atom stereocenters. The largest absolute Gasteiger partial charge is 0.354 e. The van der Waals surface area contributed by atoms with Gasteiger partial charge in [0, 0.05) is 13.5 Å². The Morgan fingerprint density at radius 3 is 2.77 bits per heavy atom. The standard InChI is InChI=1S/C15H19N5O2/c1-11-5-3-4-6-13(11)7-8-16-15(22)10-20-17-9-14(19-20)18-12(2)21/h3-6,9H,7-8,10H2,1-2H3,(H,16,22)(H,18,19,21). The van der Waals surface area contributed by atoms with Crippen LogP contribution in [-0.4, -0.2) is 33.4 Å². The Hall–Kier alpha value is -2.70. The average Bonchev–Trinajstić information content (AvgIpc) is 2.87. The lowest BCUT2D eigenvalue weighted by atomic mass is 10.1. The van der Waals surface area contributed by atoms with Crippen molar-refractivity contribution in [2.75, 3.05) is 11.9 Å². The Morgan fingerprint density at radius 2 is 2.05 bits per heavy atom. The lowest BCUT2D eigenvalue weighted by Crippen LogP contribution is -2.30. The molecule has 1 aromatic heterocycles. The number of nitrogens with one attached hydrogen (secondary N) is 2. The fraction of sp³-hybridized carbons (Fsp3) is 0.333. The van der Waals surface area contributed by atoms with Gasteiger partial charge in [-0.1, -0.05) is 24.3 Å². The molecule has 0 spiro atoms. The van der Waals surface area contributed by atoms with Gasteiger partial charge in [0.2, 0.25) is 11.8 Å². The molecule has 0 saturated heterocycles. The number of nitrogens with zero attached hydrogens (tertiary/aromatic N) is 3. The number of aromatic nitrogens is 3. The van der Waals surface area contributed by atoms with Crippen LogP contribution in [0.4, 0.5) is 5.82 Å². The van der Waals surface area contributed by atoms with E-state index in [9.17, 15) is 9.59 Å². The maximum Gasteiger partial charge on any atom is 0.243 e. The molecule has 0 saturated carbocycles. The molecular formula is C15H19N5O2. The van der Waals surface area contributed by atoms with E-state index in [2.05, 4.69) is 26.9 Å². The highest BCUT2D eigenvalue weighted by Gasteiger charge is 2.07. The minimum atomic E-state index is -0.227. The van der Waals surface area contributed by atoms with Crippen molar-refractivity contribution < 1.29 is 9.59 Å². The number of carbonyl (C=O) groups is 2. The van der Waals surface area contributed by atoms with Crippen molar-refractivity contribution in [1.29, 1.82) is 0 Å². The van der Waals surface area contributed by atoms with Crippen molar-refractivity contribution in [2.45, 2.75) is 26.8 Å². The second-order valence-corrected chi connectivity index (χ2v) is 4.97. The summed E-state index contributed by atoms with van der Waals surface area (Å²) in [5.74, 6) is -0.0616. The van der Waals surface area contributed by atoms with Crippen LogP contribution in [0.2, 0.25) is 0 Å². The van der Waals surface area contributed by atoms with Gasteiger partial charge in [-0.2, -0.15) is 9.90 Å². The van der Waals surface area contributed by atoms with Gasteiger partial charge >= 0.3 is 0 Å². The summed E-state index contributed by atoms with van der Waals surface area (Å²) in [6.07, 6.45) is 2.18. The molecule has 0 bridgehead atoms. The van der Waals surface area contributed by atoms with E-state index in [0.717, 1.165) is 6.42 Å². The van der Waals surface area contributed by atoms with Crippen LogP contribution in [0, 0.1) is 6.92 Å². The quantitative estimate of drug-likeness (QED) is 0.830. The minimum Gasteiger partial charge on any atom is -0.354 e. The number of carbonyl (C=O) groups excluding carboxylic acids is 2. The molecule has 2 rings (SSSR count). The third-order valence-corrected chi connectivity index (χ3v) is 3.10. The Balaban J connectivity index is 1.77. The smallest absolute Gasteiger partial charge is 0.243 e. The van der Waals surface area contributed by atoms with E-state index in [-0.39, 0.29) is 18.4 Å². The zero-order chi connectivity index (χ0) is 15.9. The molecular weight excluding hydrogens is 282 g/mol. The topological polar surface area (TPSA) is 88.9 Å². The molecule has 0 aliphatic carbocycles. The van der Waals surface area contributed by atoms with Gasteiger partial charge in [-0.15, -0.1) is 5.10 Å². The van der Waals surface area contributed by atoms with Crippen LogP contribution in [0.3, 0.4) is 0 Å². The number of rotatable bonds is 6. The van der Waals surface area contributed by atoms with Crippen LogP contribution < -0.4 is 10.6 Å². The fourth-order valence-corrected chi connectivity index (χ4v) is 2.02. The first-order valence-electron chi connectivity index (χ1n) is 7.03. The molecule has 7 nitrogen and oxygen atoms in total. The summed E-state index contributed by atoms with van der Waals surface area (Å²) < 4.78 is 0. The van der Waals surface area contributed by atoms with Gasteiger partial charge in [-0.25, -0.2) is 0 Å². The van der Waals surface area contributed by atoms with Crippen LogP contribution >= 0.6 is 0 Å². The molecule has 2 aromatic rings. The van der Waals surface area contributed by atoms with Crippen molar-refractivity contribution in [2.24, 2.45) is 0 Å². The second kappa shape index (κ2) is 7.35. The first-order chi connectivity index (χ1) is 10.5. The molecule has 7 heteroatoms. The number of hydrogen-bond donors (Lipinski definition) is 2. The molecule has 2 amide bonds. The number of hydrogen-bond acceptors (Lipinski definition) is 4. The Morgan fingerprint density at radius 1 is 1.27 bits per heavy atom.